The summed E-state index contributed by atoms with van der Waals surface area (Å²) in [5, 5.41) is 36.1. The van der Waals surface area contributed by atoms with Crippen molar-refractivity contribution < 1.29 is 34.5 Å². The number of phenols is 1. The largest absolute Gasteiger partial charge is 0.508 e. The molecule has 0 saturated heterocycles. The maximum Gasteiger partial charge on any atom is 0.326 e. The number of carbonyl (C=O) groups is 4. The van der Waals surface area contributed by atoms with Gasteiger partial charge in [0.15, 0.2) is 0 Å². The Bertz CT molecular complexity index is 1080. The second-order valence-corrected chi connectivity index (χ2v) is 9.16. The van der Waals surface area contributed by atoms with Gasteiger partial charge in [-0.25, -0.2) is 4.79 Å². The number of rotatable bonds is 16. The van der Waals surface area contributed by atoms with Crippen LogP contribution in [0, 0.1) is 0 Å². The van der Waals surface area contributed by atoms with Crippen LogP contribution in [0.1, 0.15) is 30.4 Å². The number of aliphatic hydroxyl groups excluding tert-OH is 1. The molecule has 0 aliphatic carbocycles. The number of amides is 3. The van der Waals surface area contributed by atoms with Gasteiger partial charge in [-0.3, -0.25) is 14.4 Å². The lowest BCUT2D eigenvalue weighted by molar-refractivity contribution is -0.142. The van der Waals surface area contributed by atoms with Gasteiger partial charge >= 0.3 is 5.97 Å². The minimum absolute atomic E-state index is 0.0417. The summed E-state index contributed by atoms with van der Waals surface area (Å²) >= 11 is 0. The monoisotopic (exact) mass is 543 g/mol. The van der Waals surface area contributed by atoms with E-state index in [0.29, 0.717) is 30.5 Å². The van der Waals surface area contributed by atoms with Crippen molar-refractivity contribution in [3.63, 3.8) is 0 Å². The molecule has 4 unspecified atom stereocenters. The van der Waals surface area contributed by atoms with Crippen molar-refractivity contribution in [3.8, 4) is 5.75 Å². The van der Waals surface area contributed by atoms with Crippen molar-refractivity contribution in [2.24, 2.45) is 11.5 Å². The van der Waals surface area contributed by atoms with E-state index in [4.69, 9.17) is 11.5 Å². The number of carboxylic acid groups (broad SMARTS) is 1. The first-order valence-electron chi connectivity index (χ1n) is 12.7. The average molecular weight is 544 g/mol. The summed E-state index contributed by atoms with van der Waals surface area (Å²) < 4.78 is 0. The Morgan fingerprint density at radius 2 is 1.31 bits per heavy atom. The number of nitrogens with two attached hydrogens (primary N) is 2. The molecule has 3 amide bonds. The number of phenolic OH excluding ortho intramolecular Hbond substituents is 1. The Labute approximate surface area is 226 Å². The molecule has 0 saturated carbocycles. The molecule has 2 rings (SSSR count). The lowest BCUT2D eigenvalue weighted by atomic mass is 10.0. The van der Waals surface area contributed by atoms with Gasteiger partial charge in [-0.15, -0.1) is 0 Å². The van der Waals surface area contributed by atoms with Crippen molar-refractivity contribution in [1.82, 2.24) is 16.0 Å². The molecule has 0 aliphatic heterocycles. The zero-order valence-electron chi connectivity index (χ0n) is 21.6. The van der Waals surface area contributed by atoms with E-state index in [-0.39, 0.29) is 25.0 Å². The summed E-state index contributed by atoms with van der Waals surface area (Å²) in [5.41, 5.74) is 12.8. The molecule has 0 heterocycles. The Morgan fingerprint density at radius 1 is 0.744 bits per heavy atom. The summed E-state index contributed by atoms with van der Waals surface area (Å²) in [6, 6.07) is 10.1. The standard InChI is InChI=1S/C27H37N5O7/c28-13-5-4-8-21(27(38)39)30-25(36)22(15-17-6-2-1-3-7-17)31-26(37)23(16-33)32-24(35)20(29)14-18-9-11-19(34)12-10-18/h1-3,6-7,9-12,20-23,33-34H,4-5,8,13-16,28-29H2,(H,30,36)(H,31,37)(H,32,35)(H,38,39). The minimum atomic E-state index is -1.41. The van der Waals surface area contributed by atoms with Gasteiger partial charge in [-0.2, -0.15) is 0 Å². The molecule has 4 atom stereocenters. The van der Waals surface area contributed by atoms with Crippen LogP contribution in [0.4, 0.5) is 0 Å². The third-order valence-corrected chi connectivity index (χ3v) is 6.02. The fraction of sp³-hybridized carbons (Fsp3) is 0.407. The molecule has 12 heteroatoms. The highest BCUT2D eigenvalue weighted by atomic mass is 16.4. The first-order valence-corrected chi connectivity index (χ1v) is 12.7. The van der Waals surface area contributed by atoms with E-state index >= 15 is 0 Å². The van der Waals surface area contributed by atoms with E-state index in [0.717, 1.165) is 0 Å². The number of benzene rings is 2. The van der Waals surface area contributed by atoms with Crippen molar-refractivity contribution in [3.05, 3.63) is 65.7 Å². The van der Waals surface area contributed by atoms with E-state index in [9.17, 15) is 34.5 Å². The van der Waals surface area contributed by atoms with Crippen molar-refractivity contribution in [2.75, 3.05) is 13.2 Å². The maximum atomic E-state index is 13.1. The van der Waals surface area contributed by atoms with E-state index in [1.807, 2.05) is 0 Å². The number of carbonyl (C=O) groups excluding carboxylic acids is 3. The number of nitrogens with one attached hydrogen (secondary N) is 3. The highest BCUT2D eigenvalue weighted by molar-refractivity contribution is 5.94. The number of aliphatic hydroxyl groups is 1. The van der Waals surface area contributed by atoms with Crippen LogP contribution in [-0.2, 0) is 32.0 Å². The van der Waals surface area contributed by atoms with Gasteiger partial charge in [-0.05, 0) is 55.5 Å². The number of unbranched alkanes of at least 4 members (excludes halogenated alkanes) is 1. The van der Waals surface area contributed by atoms with E-state index in [1.165, 1.54) is 12.1 Å². The number of hydrogen-bond acceptors (Lipinski definition) is 8. The molecule has 10 N–H and O–H groups in total. The Kier molecular flexibility index (Phi) is 12.9. The first-order chi connectivity index (χ1) is 18.6. The number of carboxylic acids is 1. The molecule has 2 aromatic rings. The summed E-state index contributed by atoms with van der Waals surface area (Å²) in [6.45, 7) is -0.375. The zero-order chi connectivity index (χ0) is 28.8. The van der Waals surface area contributed by atoms with Gasteiger partial charge in [0, 0.05) is 6.42 Å². The molecule has 212 valence electrons. The highest BCUT2D eigenvalue weighted by Gasteiger charge is 2.30. The highest BCUT2D eigenvalue weighted by Crippen LogP contribution is 2.11. The van der Waals surface area contributed by atoms with Gasteiger partial charge in [0.2, 0.25) is 17.7 Å². The molecule has 0 radical (unpaired) electrons. The Morgan fingerprint density at radius 3 is 1.90 bits per heavy atom. The minimum Gasteiger partial charge on any atom is -0.508 e. The quantitative estimate of drug-likeness (QED) is 0.124. The fourth-order valence-corrected chi connectivity index (χ4v) is 3.81. The molecule has 0 spiro atoms. The van der Waals surface area contributed by atoms with Crippen molar-refractivity contribution >= 4 is 23.7 Å². The second-order valence-electron chi connectivity index (χ2n) is 9.16. The Balaban J connectivity index is 2.10. The first kappa shape index (κ1) is 31.2. The normalized spacial score (nSPS) is 13.9. The third kappa shape index (κ3) is 10.7. The van der Waals surface area contributed by atoms with E-state index < -0.39 is 54.5 Å². The molecule has 0 fully saturated rings. The zero-order valence-corrected chi connectivity index (χ0v) is 21.6. The molecular formula is C27H37N5O7. The molecule has 39 heavy (non-hydrogen) atoms. The van der Waals surface area contributed by atoms with Gasteiger partial charge in [0.1, 0.15) is 23.9 Å². The number of aliphatic carboxylic acids is 1. The molecule has 12 nitrogen and oxygen atoms in total. The second kappa shape index (κ2) is 16.1. The van der Waals surface area contributed by atoms with Crippen LogP contribution in [0.25, 0.3) is 0 Å². The van der Waals surface area contributed by atoms with Crippen LogP contribution in [0.2, 0.25) is 0 Å². The van der Waals surface area contributed by atoms with Crippen molar-refractivity contribution in [2.45, 2.75) is 56.3 Å². The van der Waals surface area contributed by atoms with Crippen LogP contribution < -0.4 is 27.4 Å². The fourth-order valence-electron chi connectivity index (χ4n) is 3.81. The van der Waals surface area contributed by atoms with Gasteiger partial charge in [0.05, 0.1) is 12.6 Å². The summed E-state index contributed by atoms with van der Waals surface area (Å²) in [7, 11) is 0. The van der Waals surface area contributed by atoms with Gasteiger partial charge in [0.25, 0.3) is 0 Å². The molecule has 2 aromatic carbocycles. The lowest BCUT2D eigenvalue weighted by Gasteiger charge is -2.24. The Hall–Kier alpha value is -4.00. The van der Waals surface area contributed by atoms with E-state index in [2.05, 4.69) is 16.0 Å². The van der Waals surface area contributed by atoms with Crippen LogP contribution in [0.15, 0.2) is 54.6 Å². The molecule has 0 aliphatic rings. The summed E-state index contributed by atoms with van der Waals surface area (Å²) in [5.74, 6) is -3.42. The lowest BCUT2D eigenvalue weighted by Crippen LogP contribution is -2.58. The summed E-state index contributed by atoms with van der Waals surface area (Å²) in [4.78, 5) is 50.4. The van der Waals surface area contributed by atoms with Crippen LogP contribution in [0.3, 0.4) is 0 Å². The smallest absolute Gasteiger partial charge is 0.326 e. The summed E-state index contributed by atoms with van der Waals surface area (Å²) in [6.07, 6.45) is 1.41. The number of hydrogen-bond donors (Lipinski definition) is 8. The third-order valence-electron chi connectivity index (χ3n) is 6.02. The van der Waals surface area contributed by atoms with Gasteiger partial charge < -0.3 is 42.7 Å². The van der Waals surface area contributed by atoms with Crippen LogP contribution >= 0.6 is 0 Å². The maximum absolute atomic E-state index is 13.1. The molecule has 0 bridgehead atoms. The van der Waals surface area contributed by atoms with Gasteiger partial charge in [-0.1, -0.05) is 42.5 Å². The topological polar surface area (TPSA) is 217 Å². The van der Waals surface area contributed by atoms with Crippen LogP contribution in [0.5, 0.6) is 5.75 Å². The predicted molar refractivity (Wildman–Crippen MR) is 143 cm³/mol. The number of aromatic hydroxyl groups is 1. The van der Waals surface area contributed by atoms with Crippen molar-refractivity contribution in [1.29, 1.82) is 0 Å². The SMILES string of the molecule is NCCCCC(NC(=O)C(Cc1ccccc1)NC(=O)C(CO)NC(=O)C(N)Cc1ccc(O)cc1)C(=O)O. The predicted octanol–water partition coefficient (Wildman–Crippen LogP) is -0.835. The van der Waals surface area contributed by atoms with E-state index in [1.54, 1.807) is 42.5 Å². The average Bonchev–Trinajstić information content (AvgIpc) is 2.92. The molecular weight excluding hydrogens is 506 g/mol. The molecule has 0 aromatic heterocycles. The van der Waals surface area contributed by atoms with Crippen LogP contribution in [-0.4, -0.2) is 76.3 Å².